The lowest BCUT2D eigenvalue weighted by atomic mass is 10.2. The van der Waals surface area contributed by atoms with Crippen molar-refractivity contribution in [2.45, 2.75) is 38.9 Å². The number of ether oxygens (including phenoxy) is 2. The fraction of sp³-hybridized carbons (Fsp3) is 0.500. The van der Waals surface area contributed by atoms with Gasteiger partial charge in [0.25, 0.3) is 6.29 Å². The highest BCUT2D eigenvalue weighted by atomic mass is 16.7. The van der Waals surface area contributed by atoms with Crippen LogP contribution < -0.4 is 11.0 Å². The van der Waals surface area contributed by atoms with Gasteiger partial charge in [0.05, 0.1) is 0 Å². The van der Waals surface area contributed by atoms with E-state index in [9.17, 15) is 9.59 Å². The number of unbranched alkanes of at least 4 members (excludes halogenated alkanes) is 2. The van der Waals surface area contributed by atoms with Crippen LogP contribution in [0.15, 0.2) is 23.3 Å². The third-order valence-electron chi connectivity index (χ3n) is 3.04. The van der Waals surface area contributed by atoms with Crippen molar-refractivity contribution in [1.29, 1.82) is 0 Å². The molecule has 1 aliphatic heterocycles. The first-order chi connectivity index (χ1) is 10.6. The third kappa shape index (κ3) is 4.08. The normalized spacial score (nSPS) is 16.6. The molecule has 0 spiro atoms. The number of carbonyl (C=O) groups is 1. The van der Waals surface area contributed by atoms with Gasteiger partial charge in [-0.25, -0.2) is 9.36 Å². The molecule has 0 aliphatic carbocycles. The number of rotatable bonds is 7. The van der Waals surface area contributed by atoms with Crippen molar-refractivity contribution >= 4 is 17.6 Å². The summed E-state index contributed by atoms with van der Waals surface area (Å²) < 4.78 is 11.3. The van der Waals surface area contributed by atoms with Crippen LogP contribution in [0.4, 0.5) is 5.82 Å². The maximum atomic E-state index is 11.9. The summed E-state index contributed by atoms with van der Waals surface area (Å²) in [5, 5.41) is 11.5. The highest BCUT2D eigenvalue weighted by Crippen LogP contribution is 2.17. The maximum absolute atomic E-state index is 11.9. The molecule has 1 unspecified atom stereocenters. The molecule has 0 saturated heterocycles. The molecule has 120 valence electrons. The van der Waals surface area contributed by atoms with E-state index >= 15 is 0 Å². The van der Waals surface area contributed by atoms with Crippen LogP contribution in [-0.4, -0.2) is 33.5 Å². The first kappa shape index (κ1) is 16.0. The molecule has 8 heteroatoms. The van der Waals surface area contributed by atoms with Crippen LogP contribution in [-0.2, 0) is 14.3 Å². The van der Waals surface area contributed by atoms with Crippen molar-refractivity contribution in [3.8, 4) is 0 Å². The number of nitrogens with zero attached hydrogens (tertiary/aromatic N) is 2. The van der Waals surface area contributed by atoms with Crippen LogP contribution in [0.1, 0.15) is 32.6 Å². The topological polar surface area (TPSA) is 103 Å². The van der Waals surface area contributed by atoms with E-state index in [1.165, 1.54) is 18.5 Å². The molecule has 0 saturated carbocycles. The largest absolute Gasteiger partial charge is 0.454 e. The number of aliphatic hydroxyl groups excluding tert-OH is 1. The summed E-state index contributed by atoms with van der Waals surface area (Å²) in [6.45, 7) is 1.73. The number of carbonyl (C=O) groups excluding carboxylic acids is 1. The first-order valence-corrected chi connectivity index (χ1v) is 7.17. The predicted octanol–water partition coefficient (Wildman–Crippen LogP) is 0.883. The Hall–Kier alpha value is -2.35. The van der Waals surface area contributed by atoms with Gasteiger partial charge in [0.15, 0.2) is 0 Å². The van der Waals surface area contributed by atoms with E-state index in [4.69, 9.17) is 14.6 Å². The van der Waals surface area contributed by atoms with Crippen molar-refractivity contribution in [2.75, 3.05) is 11.9 Å². The second-order valence-corrected chi connectivity index (χ2v) is 4.79. The van der Waals surface area contributed by atoms with Crippen LogP contribution >= 0.6 is 0 Å². The molecular formula is C14H19N3O5. The molecule has 0 aromatic carbocycles. The summed E-state index contributed by atoms with van der Waals surface area (Å²) >= 11 is 0. The number of nitrogens with one attached hydrogen (secondary N) is 1. The Balaban J connectivity index is 1.98. The molecule has 1 aromatic heterocycles. The molecule has 2 N–H and O–H groups in total. The number of hydrogen-bond acceptors (Lipinski definition) is 6. The lowest BCUT2D eigenvalue weighted by Crippen LogP contribution is -2.25. The number of hydrogen-bond donors (Lipinski definition) is 2. The summed E-state index contributed by atoms with van der Waals surface area (Å²) in [6, 6.07) is 1.50. The van der Waals surface area contributed by atoms with E-state index in [0.717, 1.165) is 23.8 Å². The molecule has 2 rings (SSSR count). The van der Waals surface area contributed by atoms with Crippen LogP contribution in [0, 0.1) is 0 Å². The van der Waals surface area contributed by atoms with Gasteiger partial charge in [0, 0.05) is 12.6 Å². The summed E-state index contributed by atoms with van der Waals surface area (Å²) in [5.41, 5.74) is -0.611. The number of amides is 1. The molecule has 22 heavy (non-hydrogen) atoms. The SMILES string of the molecule is CCCCCC(=O)Nc1ccn(C2=COC(CO)O2)c(=O)n1. The molecule has 1 amide bonds. The van der Waals surface area contributed by atoms with Gasteiger partial charge in [-0.1, -0.05) is 19.8 Å². The lowest BCUT2D eigenvalue weighted by Gasteiger charge is -2.10. The van der Waals surface area contributed by atoms with Gasteiger partial charge in [0.1, 0.15) is 18.7 Å². The molecule has 1 aromatic rings. The predicted molar refractivity (Wildman–Crippen MR) is 78.6 cm³/mol. The van der Waals surface area contributed by atoms with Crippen molar-refractivity contribution in [1.82, 2.24) is 9.55 Å². The molecule has 8 nitrogen and oxygen atoms in total. The molecule has 0 fully saturated rings. The lowest BCUT2D eigenvalue weighted by molar-refractivity contribution is -0.116. The molecular weight excluding hydrogens is 290 g/mol. The fourth-order valence-corrected chi connectivity index (χ4v) is 1.90. The van der Waals surface area contributed by atoms with E-state index in [0.29, 0.717) is 6.42 Å². The van der Waals surface area contributed by atoms with Gasteiger partial charge < -0.3 is 19.9 Å². The van der Waals surface area contributed by atoms with Crippen molar-refractivity contribution < 1.29 is 19.4 Å². The van der Waals surface area contributed by atoms with Crippen LogP contribution in [0.5, 0.6) is 0 Å². The zero-order valence-corrected chi connectivity index (χ0v) is 12.3. The Bertz CT molecular complexity index is 611. The van der Waals surface area contributed by atoms with E-state index in [2.05, 4.69) is 17.2 Å². The second-order valence-electron chi connectivity index (χ2n) is 4.79. The zero-order valence-electron chi connectivity index (χ0n) is 12.3. The van der Waals surface area contributed by atoms with Gasteiger partial charge in [0.2, 0.25) is 11.8 Å². The quantitative estimate of drug-likeness (QED) is 0.725. The Morgan fingerprint density at radius 1 is 1.50 bits per heavy atom. The molecule has 0 bridgehead atoms. The number of aromatic nitrogens is 2. The minimum atomic E-state index is -0.820. The van der Waals surface area contributed by atoms with E-state index in [1.807, 2.05) is 0 Å². The van der Waals surface area contributed by atoms with Crippen molar-refractivity contribution in [3.05, 3.63) is 29.0 Å². The Morgan fingerprint density at radius 2 is 2.32 bits per heavy atom. The smallest absolute Gasteiger partial charge is 0.356 e. The average molecular weight is 309 g/mol. The van der Waals surface area contributed by atoms with E-state index < -0.39 is 12.0 Å². The first-order valence-electron chi connectivity index (χ1n) is 7.17. The van der Waals surface area contributed by atoms with Gasteiger partial charge in [-0.15, -0.1) is 0 Å². The van der Waals surface area contributed by atoms with Crippen molar-refractivity contribution in [3.63, 3.8) is 0 Å². The Kier molecular flexibility index (Phi) is 5.54. The van der Waals surface area contributed by atoms with Gasteiger partial charge in [-0.05, 0) is 12.5 Å². The maximum Gasteiger partial charge on any atom is 0.356 e. The average Bonchev–Trinajstić information content (AvgIpc) is 2.96. The third-order valence-corrected chi connectivity index (χ3v) is 3.04. The minimum absolute atomic E-state index is 0.136. The van der Waals surface area contributed by atoms with E-state index in [1.54, 1.807) is 0 Å². The second kappa shape index (κ2) is 7.60. The standard InChI is InChI=1S/C14H19N3O5/c1-2-3-4-5-11(19)15-10-6-7-17(14(20)16-10)12-9-21-13(8-18)22-12/h6-7,9,13,18H,2-5,8H2,1H3,(H,15,16,19,20). The van der Waals surface area contributed by atoms with Crippen LogP contribution in [0.3, 0.4) is 0 Å². The van der Waals surface area contributed by atoms with Gasteiger partial charge >= 0.3 is 5.69 Å². The highest BCUT2D eigenvalue weighted by molar-refractivity contribution is 5.89. The Morgan fingerprint density at radius 3 is 2.95 bits per heavy atom. The summed E-state index contributed by atoms with van der Waals surface area (Å²) in [7, 11) is 0. The summed E-state index contributed by atoms with van der Waals surface area (Å²) in [6.07, 6.45) is 5.06. The van der Waals surface area contributed by atoms with Crippen LogP contribution in [0.2, 0.25) is 0 Å². The highest BCUT2D eigenvalue weighted by Gasteiger charge is 2.20. The van der Waals surface area contributed by atoms with Gasteiger partial charge in [-0.3, -0.25) is 4.79 Å². The molecule has 2 heterocycles. The van der Waals surface area contributed by atoms with Crippen molar-refractivity contribution in [2.24, 2.45) is 0 Å². The number of anilines is 1. The summed E-state index contributed by atoms with van der Waals surface area (Å²) in [5.74, 6) is 0.163. The van der Waals surface area contributed by atoms with Crippen LogP contribution in [0.25, 0.3) is 5.88 Å². The monoisotopic (exact) mass is 309 g/mol. The molecule has 1 atom stereocenters. The summed E-state index contributed by atoms with van der Waals surface area (Å²) in [4.78, 5) is 27.4. The fourth-order valence-electron chi connectivity index (χ4n) is 1.90. The Labute approximate surface area is 127 Å². The minimum Gasteiger partial charge on any atom is -0.454 e. The number of aliphatic hydroxyl groups is 1. The van der Waals surface area contributed by atoms with E-state index in [-0.39, 0.29) is 24.2 Å². The molecule has 1 aliphatic rings. The molecule has 0 radical (unpaired) electrons. The van der Waals surface area contributed by atoms with Gasteiger partial charge in [-0.2, -0.15) is 4.98 Å². The zero-order chi connectivity index (χ0) is 15.9.